The molecule has 18 heavy (non-hydrogen) atoms. The van der Waals surface area contributed by atoms with Crippen molar-refractivity contribution < 1.29 is 4.57 Å². The summed E-state index contributed by atoms with van der Waals surface area (Å²) in [6.07, 6.45) is 3.50. The second kappa shape index (κ2) is 5.10. The molecule has 5 nitrogen and oxygen atoms in total. The molecule has 0 aliphatic rings. The summed E-state index contributed by atoms with van der Waals surface area (Å²) in [6.45, 7) is 3.74. The van der Waals surface area contributed by atoms with E-state index in [1.807, 2.05) is 26.0 Å². The Morgan fingerprint density at radius 2 is 1.78 bits per heavy atom. The number of nitrogens with zero attached hydrogens (tertiary/aromatic N) is 3. The summed E-state index contributed by atoms with van der Waals surface area (Å²) < 4.78 is 11.2. The fourth-order valence-corrected chi connectivity index (χ4v) is 1.83. The summed E-state index contributed by atoms with van der Waals surface area (Å²) in [5.41, 5.74) is 2.47. The molecule has 0 radical (unpaired) electrons. The molecule has 0 aliphatic carbocycles. The highest BCUT2D eigenvalue weighted by Gasteiger charge is 2.02. The zero-order chi connectivity index (χ0) is 13.1. The molecule has 1 aromatic carbocycles. The Kier molecular flexibility index (Phi) is 3.53. The van der Waals surface area contributed by atoms with Gasteiger partial charge in [0.1, 0.15) is 7.42 Å². The molecule has 0 saturated heterocycles. The van der Waals surface area contributed by atoms with E-state index in [9.17, 15) is 4.57 Å². The van der Waals surface area contributed by atoms with Crippen LogP contribution in [0.3, 0.4) is 0 Å². The van der Waals surface area contributed by atoms with Gasteiger partial charge in [-0.1, -0.05) is 0 Å². The van der Waals surface area contributed by atoms with Gasteiger partial charge in [0, 0.05) is 11.0 Å². The molecule has 1 atom stereocenters. The lowest BCUT2D eigenvalue weighted by Crippen LogP contribution is -2.03. The normalized spacial score (nSPS) is 11.1. The van der Waals surface area contributed by atoms with Crippen molar-refractivity contribution in [1.29, 1.82) is 0 Å². The molecular weight excluding hydrogens is 247 g/mol. The zero-order valence-electron chi connectivity index (χ0n) is 10.2. The second-order valence-corrected chi connectivity index (χ2v) is 5.13. The molecule has 0 fully saturated rings. The first-order chi connectivity index (χ1) is 8.56. The van der Waals surface area contributed by atoms with Crippen LogP contribution in [0.1, 0.15) is 11.4 Å². The van der Waals surface area contributed by atoms with E-state index in [4.69, 9.17) is 0 Å². The van der Waals surface area contributed by atoms with Crippen LogP contribution in [0.25, 0.3) is 0 Å². The summed E-state index contributed by atoms with van der Waals surface area (Å²) in [4.78, 5) is 4.27. The molecule has 2 rings (SSSR count). The second-order valence-electron chi connectivity index (χ2n) is 3.86. The van der Waals surface area contributed by atoms with E-state index in [1.165, 1.54) is 0 Å². The highest BCUT2D eigenvalue weighted by Crippen LogP contribution is 2.13. The third-order valence-electron chi connectivity index (χ3n) is 2.50. The Bertz CT molecular complexity index is 627. The maximum absolute atomic E-state index is 11.2. The monoisotopic (exact) mass is 260 g/mol. The molecule has 1 unspecified atom stereocenters. The number of aromatic nitrogens is 3. The molecule has 0 aliphatic heterocycles. The van der Waals surface area contributed by atoms with Gasteiger partial charge in [0.05, 0.1) is 11.4 Å². The molecule has 92 valence electrons. The number of aryl methyl sites for hydroxylation is 2. The van der Waals surface area contributed by atoms with Crippen molar-refractivity contribution in [2.45, 2.75) is 13.8 Å². The number of rotatable bonds is 3. The topological polar surface area (TPSA) is 67.8 Å². The van der Waals surface area contributed by atoms with Crippen LogP contribution in [0, 0.1) is 13.8 Å². The Balaban J connectivity index is 2.20. The van der Waals surface area contributed by atoms with Crippen LogP contribution in [-0.4, -0.2) is 21.5 Å². The van der Waals surface area contributed by atoms with Crippen molar-refractivity contribution in [3.05, 3.63) is 35.7 Å². The number of nitrogens with one attached hydrogen (secondary N) is 1. The summed E-state index contributed by atoms with van der Waals surface area (Å²) in [5, 5.41) is 11.7. The Morgan fingerprint density at radius 1 is 1.11 bits per heavy atom. The SMILES string of the molecule is C=P(=O)c1ccc(Nc2nnc(C)c(C)n2)cc1. The van der Waals surface area contributed by atoms with Crippen LogP contribution in [0.5, 0.6) is 0 Å². The average molecular weight is 260 g/mol. The van der Waals surface area contributed by atoms with Crippen LogP contribution >= 0.6 is 7.42 Å². The molecule has 1 N–H and O–H groups in total. The van der Waals surface area contributed by atoms with Gasteiger partial charge in [-0.15, -0.1) is 5.10 Å². The minimum Gasteiger partial charge on any atom is -0.323 e. The average Bonchev–Trinajstić information content (AvgIpc) is 2.34. The predicted molar refractivity (Wildman–Crippen MR) is 73.4 cm³/mol. The number of anilines is 2. The first-order valence-corrected chi connectivity index (χ1v) is 6.83. The van der Waals surface area contributed by atoms with Gasteiger partial charge in [0.25, 0.3) is 0 Å². The quantitative estimate of drug-likeness (QED) is 0.856. The lowest BCUT2D eigenvalue weighted by atomic mass is 10.3. The van der Waals surface area contributed by atoms with Crippen molar-refractivity contribution in [2.24, 2.45) is 0 Å². The van der Waals surface area contributed by atoms with Crippen molar-refractivity contribution in [3.63, 3.8) is 0 Å². The number of hydrogen-bond acceptors (Lipinski definition) is 5. The summed E-state index contributed by atoms with van der Waals surface area (Å²) in [6, 6.07) is 7.16. The smallest absolute Gasteiger partial charge is 0.247 e. The first-order valence-electron chi connectivity index (χ1n) is 5.39. The molecule has 1 heterocycles. The minimum atomic E-state index is -1.55. The Morgan fingerprint density at radius 3 is 2.33 bits per heavy atom. The summed E-state index contributed by atoms with van der Waals surface area (Å²) in [5.74, 6) is 0.449. The standard InChI is InChI=1S/C12H13N4OP/c1-8-9(2)15-16-12(13-8)14-10-4-6-11(7-5-10)18(3)17/h4-7H,3H2,1-2H3,(H,13,14,16). The van der Waals surface area contributed by atoms with Crippen molar-refractivity contribution in [2.75, 3.05) is 5.32 Å². The van der Waals surface area contributed by atoms with Gasteiger partial charge >= 0.3 is 0 Å². The largest absolute Gasteiger partial charge is 0.323 e. The maximum Gasteiger partial charge on any atom is 0.247 e. The fourth-order valence-electron chi connectivity index (χ4n) is 1.35. The molecular formula is C12H13N4OP. The highest BCUT2D eigenvalue weighted by atomic mass is 31.1. The van der Waals surface area contributed by atoms with Crippen LogP contribution < -0.4 is 10.6 Å². The molecule has 6 heteroatoms. The lowest BCUT2D eigenvalue weighted by Gasteiger charge is -2.05. The van der Waals surface area contributed by atoms with Gasteiger partial charge in [-0.05, 0) is 44.4 Å². The fraction of sp³-hybridized carbons (Fsp3) is 0.167. The van der Waals surface area contributed by atoms with Crippen LogP contribution in [0.4, 0.5) is 11.6 Å². The van der Waals surface area contributed by atoms with Crippen LogP contribution in [-0.2, 0) is 4.57 Å². The molecule has 0 saturated carbocycles. The van der Waals surface area contributed by atoms with Crippen molar-refractivity contribution in [1.82, 2.24) is 15.2 Å². The Hall–Kier alpha value is -2.00. The zero-order valence-corrected chi connectivity index (χ0v) is 11.1. The predicted octanol–water partition coefficient (Wildman–Crippen LogP) is 2.12. The van der Waals surface area contributed by atoms with E-state index >= 15 is 0 Å². The van der Waals surface area contributed by atoms with Crippen molar-refractivity contribution >= 4 is 30.7 Å². The van der Waals surface area contributed by atoms with Gasteiger partial charge in [-0.25, -0.2) is 4.98 Å². The number of benzene rings is 1. The number of hydrogen-bond donors (Lipinski definition) is 1. The molecule has 0 bridgehead atoms. The lowest BCUT2D eigenvalue weighted by molar-refractivity contribution is 0.601. The van der Waals surface area contributed by atoms with E-state index in [-0.39, 0.29) is 0 Å². The van der Waals surface area contributed by atoms with Crippen molar-refractivity contribution in [3.8, 4) is 0 Å². The van der Waals surface area contributed by atoms with Gasteiger partial charge in [0.2, 0.25) is 5.95 Å². The van der Waals surface area contributed by atoms with E-state index in [0.29, 0.717) is 5.95 Å². The van der Waals surface area contributed by atoms with E-state index < -0.39 is 7.42 Å². The van der Waals surface area contributed by atoms with Gasteiger partial charge in [-0.2, -0.15) is 5.10 Å². The van der Waals surface area contributed by atoms with Gasteiger partial charge < -0.3 is 5.32 Å². The van der Waals surface area contributed by atoms with E-state index in [1.54, 1.807) is 12.1 Å². The summed E-state index contributed by atoms with van der Waals surface area (Å²) >= 11 is 0. The molecule has 2 aromatic rings. The molecule has 0 amide bonds. The maximum atomic E-state index is 11.2. The molecule has 0 spiro atoms. The Labute approximate surface area is 106 Å². The molecule has 1 aromatic heterocycles. The van der Waals surface area contributed by atoms with E-state index in [2.05, 4.69) is 26.8 Å². The van der Waals surface area contributed by atoms with E-state index in [0.717, 1.165) is 22.4 Å². The van der Waals surface area contributed by atoms with Crippen LogP contribution in [0.2, 0.25) is 0 Å². The van der Waals surface area contributed by atoms with Gasteiger partial charge in [-0.3, -0.25) is 4.57 Å². The third-order valence-corrected chi connectivity index (χ3v) is 3.38. The minimum absolute atomic E-state index is 0.449. The summed E-state index contributed by atoms with van der Waals surface area (Å²) in [7, 11) is -1.55. The highest BCUT2D eigenvalue weighted by molar-refractivity contribution is 7.51. The van der Waals surface area contributed by atoms with Gasteiger partial charge in [0.15, 0.2) is 0 Å². The van der Waals surface area contributed by atoms with Crippen LogP contribution in [0.15, 0.2) is 24.3 Å². The third kappa shape index (κ3) is 2.81. The first kappa shape index (κ1) is 12.5.